The minimum absolute atomic E-state index is 0.0493. The number of rotatable bonds is 8. The second-order valence-electron chi connectivity index (χ2n) is 2.51. The van der Waals surface area contributed by atoms with Gasteiger partial charge >= 0.3 is 0 Å². The van der Waals surface area contributed by atoms with Crippen molar-refractivity contribution >= 4 is 5.97 Å². The van der Waals surface area contributed by atoms with E-state index in [-0.39, 0.29) is 6.54 Å². The normalized spacial score (nSPS) is 10.1. The number of nitrogens with one attached hydrogen (secondary N) is 2. The van der Waals surface area contributed by atoms with Crippen LogP contribution in [0.2, 0.25) is 0 Å². The molecule has 0 fully saturated rings. The maximum absolute atomic E-state index is 9.96. The fourth-order valence-corrected chi connectivity index (χ4v) is 0.762. The van der Waals surface area contributed by atoms with Gasteiger partial charge in [-0.2, -0.15) is 0 Å². The third kappa shape index (κ3) is 9.35. The summed E-state index contributed by atoms with van der Waals surface area (Å²) in [5.74, 6) is -1.01. The Balaban J connectivity index is 2.86. The van der Waals surface area contributed by atoms with E-state index in [0.29, 0.717) is 0 Å². The monoisotopic (exact) mass is 175 g/mol. The summed E-state index contributed by atoms with van der Waals surface area (Å²) < 4.78 is 0. The van der Waals surface area contributed by atoms with Crippen LogP contribution in [0.5, 0.6) is 0 Å². The smallest absolute Gasteiger partial charge is 0.116 e. The molecular formula is C7H17N3O2. The summed E-state index contributed by atoms with van der Waals surface area (Å²) in [5.41, 5.74) is 0. The van der Waals surface area contributed by atoms with Crippen molar-refractivity contribution in [2.45, 2.75) is 0 Å². The molecule has 0 unspecified atom stereocenters. The van der Waals surface area contributed by atoms with E-state index in [1.54, 1.807) is 5.32 Å². The van der Waals surface area contributed by atoms with Crippen LogP contribution in [0.4, 0.5) is 0 Å². The average molecular weight is 175 g/mol. The number of carboxylic acid groups (broad SMARTS) is 1. The predicted octanol–water partition coefficient (Wildman–Crippen LogP) is -3.89. The van der Waals surface area contributed by atoms with Crippen LogP contribution in [0, 0.1) is 0 Å². The second kappa shape index (κ2) is 8.45. The second-order valence-corrected chi connectivity index (χ2v) is 2.51. The van der Waals surface area contributed by atoms with Gasteiger partial charge in [0, 0.05) is 19.6 Å². The molecule has 12 heavy (non-hydrogen) atoms. The van der Waals surface area contributed by atoms with E-state index in [4.69, 9.17) is 0 Å². The lowest BCUT2D eigenvalue weighted by molar-refractivity contribution is -0.648. The van der Waals surface area contributed by atoms with Crippen molar-refractivity contribution in [3.63, 3.8) is 0 Å². The summed E-state index contributed by atoms with van der Waals surface area (Å²) in [6.07, 6.45) is 0. The molecular weight excluding hydrogens is 158 g/mol. The number of hydrogen-bond donors (Lipinski definition) is 3. The lowest BCUT2D eigenvalue weighted by atomic mass is 10.5. The first-order valence-corrected chi connectivity index (χ1v) is 4.14. The zero-order valence-corrected chi connectivity index (χ0v) is 7.43. The fourth-order valence-electron chi connectivity index (χ4n) is 0.762. The Morgan fingerprint density at radius 1 is 1.42 bits per heavy atom. The van der Waals surface area contributed by atoms with Crippen LogP contribution in [0.3, 0.4) is 0 Å². The third-order valence-electron chi connectivity index (χ3n) is 1.39. The Morgan fingerprint density at radius 2 is 2.17 bits per heavy atom. The fraction of sp³-hybridized carbons (Fsp3) is 0.857. The first-order valence-electron chi connectivity index (χ1n) is 4.14. The number of likely N-dealkylation sites (N-methyl/N-ethyl adjacent to an activating group) is 1. The van der Waals surface area contributed by atoms with Crippen LogP contribution in [0.1, 0.15) is 0 Å². The van der Waals surface area contributed by atoms with Gasteiger partial charge in [0.2, 0.25) is 0 Å². The van der Waals surface area contributed by atoms with Crippen LogP contribution in [-0.4, -0.2) is 45.7 Å². The van der Waals surface area contributed by atoms with Crippen molar-refractivity contribution in [2.75, 3.05) is 39.8 Å². The van der Waals surface area contributed by atoms with E-state index < -0.39 is 5.97 Å². The number of hydrogen-bond acceptors (Lipinski definition) is 4. The summed E-state index contributed by atoms with van der Waals surface area (Å²) >= 11 is 0. The molecule has 5 heteroatoms. The van der Waals surface area contributed by atoms with Crippen LogP contribution < -0.4 is 21.1 Å². The molecule has 0 aliphatic heterocycles. The molecule has 0 saturated carbocycles. The molecule has 5 nitrogen and oxygen atoms in total. The van der Waals surface area contributed by atoms with Crippen molar-refractivity contribution in [3.05, 3.63) is 0 Å². The van der Waals surface area contributed by atoms with E-state index >= 15 is 0 Å². The van der Waals surface area contributed by atoms with Crippen LogP contribution in [-0.2, 0) is 4.79 Å². The number of carboxylic acids is 1. The van der Waals surface area contributed by atoms with Gasteiger partial charge in [-0.15, -0.1) is 0 Å². The zero-order valence-electron chi connectivity index (χ0n) is 7.43. The van der Waals surface area contributed by atoms with Crippen molar-refractivity contribution in [2.24, 2.45) is 0 Å². The SMILES string of the molecule is CNCCNCC[NH2+]CC(=O)[O-]. The van der Waals surface area contributed by atoms with Crippen molar-refractivity contribution in [3.8, 4) is 0 Å². The zero-order chi connectivity index (χ0) is 9.23. The summed E-state index contributed by atoms with van der Waals surface area (Å²) in [6, 6.07) is 0. The molecule has 0 aliphatic rings. The van der Waals surface area contributed by atoms with Crippen molar-refractivity contribution in [1.82, 2.24) is 10.6 Å². The number of quaternary nitrogens is 1. The van der Waals surface area contributed by atoms with E-state index in [0.717, 1.165) is 26.2 Å². The standard InChI is InChI=1S/C7H17N3O2/c1-8-2-3-9-4-5-10-6-7(11)12/h8-10H,2-6H2,1H3,(H,11,12). The van der Waals surface area contributed by atoms with Crippen molar-refractivity contribution < 1.29 is 15.2 Å². The topological polar surface area (TPSA) is 80.8 Å². The predicted molar refractivity (Wildman–Crippen MR) is 43.5 cm³/mol. The van der Waals surface area contributed by atoms with Gasteiger partial charge in [-0.1, -0.05) is 0 Å². The van der Waals surface area contributed by atoms with Gasteiger partial charge in [0.25, 0.3) is 0 Å². The molecule has 0 aromatic carbocycles. The highest BCUT2D eigenvalue weighted by Gasteiger charge is 1.90. The van der Waals surface area contributed by atoms with E-state index in [2.05, 4.69) is 10.6 Å². The molecule has 0 aliphatic carbocycles. The third-order valence-corrected chi connectivity index (χ3v) is 1.39. The Hall–Kier alpha value is -0.650. The number of carbonyl (C=O) groups is 1. The highest BCUT2D eigenvalue weighted by atomic mass is 16.4. The first kappa shape index (κ1) is 11.4. The molecule has 0 aromatic heterocycles. The van der Waals surface area contributed by atoms with E-state index in [1.165, 1.54) is 0 Å². The quantitative estimate of drug-likeness (QED) is 0.329. The maximum atomic E-state index is 9.96. The molecule has 0 bridgehead atoms. The molecule has 0 radical (unpaired) electrons. The number of aliphatic carboxylic acids is 1. The largest absolute Gasteiger partial charge is 0.544 e. The van der Waals surface area contributed by atoms with Crippen LogP contribution >= 0.6 is 0 Å². The molecule has 0 aromatic rings. The number of carbonyl (C=O) groups excluding carboxylic acids is 1. The van der Waals surface area contributed by atoms with Crippen LogP contribution in [0.25, 0.3) is 0 Å². The highest BCUT2D eigenvalue weighted by molar-refractivity contribution is 5.64. The highest BCUT2D eigenvalue weighted by Crippen LogP contribution is 1.53. The van der Waals surface area contributed by atoms with Gasteiger partial charge in [-0.25, -0.2) is 0 Å². The van der Waals surface area contributed by atoms with E-state index in [1.807, 2.05) is 7.05 Å². The Bertz CT molecular complexity index is 119. The average Bonchev–Trinajstić information content (AvgIpc) is 2.02. The van der Waals surface area contributed by atoms with Gasteiger partial charge < -0.3 is 25.9 Å². The Kier molecular flexibility index (Phi) is 7.99. The maximum Gasteiger partial charge on any atom is 0.116 e. The summed E-state index contributed by atoms with van der Waals surface area (Å²) in [6.45, 7) is 3.50. The minimum Gasteiger partial charge on any atom is -0.544 e. The molecule has 0 atom stereocenters. The Morgan fingerprint density at radius 3 is 2.75 bits per heavy atom. The van der Waals surface area contributed by atoms with Crippen molar-refractivity contribution in [1.29, 1.82) is 0 Å². The summed E-state index contributed by atoms with van der Waals surface area (Å²) in [7, 11) is 1.89. The lowest BCUT2D eigenvalue weighted by Gasteiger charge is -2.03. The molecule has 0 rings (SSSR count). The van der Waals surface area contributed by atoms with Crippen LogP contribution in [0.15, 0.2) is 0 Å². The molecule has 0 amide bonds. The van der Waals surface area contributed by atoms with Gasteiger partial charge in [0.05, 0.1) is 12.5 Å². The molecule has 72 valence electrons. The minimum atomic E-state index is -1.01. The van der Waals surface area contributed by atoms with Gasteiger partial charge in [0.1, 0.15) is 6.54 Å². The number of nitrogens with two attached hydrogens (primary N) is 1. The molecule has 0 heterocycles. The Labute approximate surface area is 72.5 Å². The van der Waals surface area contributed by atoms with Gasteiger partial charge in [-0.3, -0.25) is 0 Å². The first-order chi connectivity index (χ1) is 5.77. The molecule has 0 spiro atoms. The summed E-state index contributed by atoms with van der Waals surface area (Å²) in [4.78, 5) is 9.96. The summed E-state index contributed by atoms with van der Waals surface area (Å²) in [5, 5.41) is 17.8. The van der Waals surface area contributed by atoms with Gasteiger partial charge in [0.15, 0.2) is 0 Å². The lowest BCUT2D eigenvalue weighted by Crippen LogP contribution is -2.88. The molecule has 0 saturated heterocycles. The van der Waals surface area contributed by atoms with Gasteiger partial charge in [-0.05, 0) is 7.05 Å². The molecule has 4 N–H and O–H groups in total. The van der Waals surface area contributed by atoms with E-state index in [9.17, 15) is 9.90 Å².